The number of hydrogen-bond acceptors (Lipinski definition) is 4. The molecule has 0 aliphatic carbocycles. The minimum Gasteiger partial charge on any atom is -0.384 e. The third kappa shape index (κ3) is 1.44. The summed E-state index contributed by atoms with van der Waals surface area (Å²) in [7, 11) is 1.66. The summed E-state index contributed by atoms with van der Waals surface area (Å²) in [4.78, 5) is 4.28. The van der Waals surface area contributed by atoms with Crippen molar-refractivity contribution in [2.45, 2.75) is 13.1 Å². The van der Waals surface area contributed by atoms with Crippen LogP contribution in [0.15, 0.2) is 11.1 Å². The number of aryl methyl sites for hydroxylation is 1. The first kappa shape index (κ1) is 9.36. The van der Waals surface area contributed by atoms with Gasteiger partial charge in [0.25, 0.3) is 0 Å². The van der Waals surface area contributed by atoms with Crippen LogP contribution in [0, 0.1) is 12.8 Å². The molecule has 1 aliphatic rings. The van der Waals surface area contributed by atoms with Crippen LogP contribution >= 0.6 is 0 Å². The Morgan fingerprint density at radius 2 is 2.43 bits per heavy atom. The third-order valence-electron chi connectivity index (χ3n) is 2.32. The molecule has 0 spiro atoms. The number of aliphatic imine (C=N–C) groups is 1. The highest BCUT2D eigenvalue weighted by Crippen LogP contribution is 2.25. The van der Waals surface area contributed by atoms with E-state index < -0.39 is 0 Å². The Kier molecular flexibility index (Phi) is 2.35. The summed E-state index contributed by atoms with van der Waals surface area (Å²) in [6.45, 7) is 2.50. The van der Waals surface area contributed by atoms with Crippen LogP contribution in [0.2, 0.25) is 0 Å². The van der Waals surface area contributed by atoms with Crippen LogP contribution in [0.1, 0.15) is 11.9 Å². The zero-order valence-electron chi connectivity index (χ0n) is 8.34. The van der Waals surface area contributed by atoms with E-state index in [1.54, 1.807) is 11.8 Å². The molecule has 2 atom stereocenters. The largest absolute Gasteiger partial charge is 0.384 e. The fourth-order valence-corrected chi connectivity index (χ4v) is 1.59. The molecular formula is C9H14N4O. The zero-order valence-corrected chi connectivity index (χ0v) is 8.34. The zero-order chi connectivity index (χ0) is 10.1. The highest BCUT2D eigenvalue weighted by Gasteiger charge is 2.24. The molecule has 1 aromatic rings. The molecule has 2 N–H and O–H groups in total. The Labute approximate surface area is 82.6 Å². The summed E-state index contributed by atoms with van der Waals surface area (Å²) in [5.74, 6) is 0.925. The van der Waals surface area contributed by atoms with Gasteiger partial charge in [-0.1, -0.05) is 0 Å². The lowest BCUT2D eigenvalue weighted by Crippen LogP contribution is -2.34. The molecule has 1 aromatic heterocycles. The first-order valence-electron chi connectivity index (χ1n) is 4.57. The van der Waals surface area contributed by atoms with E-state index in [0.717, 1.165) is 11.5 Å². The van der Waals surface area contributed by atoms with Crippen molar-refractivity contribution in [2.75, 3.05) is 13.7 Å². The molecule has 0 amide bonds. The summed E-state index contributed by atoms with van der Waals surface area (Å²) >= 11 is 0. The van der Waals surface area contributed by atoms with Crippen molar-refractivity contribution in [1.29, 1.82) is 0 Å². The average molecular weight is 194 g/mol. The molecule has 5 nitrogen and oxygen atoms in total. The van der Waals surface area contributed by atoms with Crippen LogP contribution in [-0.2, 0) is 4.74 Å². The third-order valence-corrected chi connectivity index (χ3v) is 2.32. The average Bonchev–Trinajstić information content (AvgIpc) is 2.52. The van der Waals surface area contributed by atoms with Crippen molar-refractivity contribution in [3.05, 3.63) is 11.8 Å². The number of nitrogens with two attached hydrogens (primary N) is 1. The predicted molar refractivity (Wildman–Crippen MR) is 53.7 cm³/mol. The van der Waals surface area contributed by atoms with E-state index >= 15 is 0 Å². The van der Waals surface area contributed by atoms with Crippen LogP contribution in [-0.4, -0.2) is 29.7 Å². The number of methoxy groups -OCH3 is 1. The van der Waals surface area contributed by atoms with Crippen LogP contribution < -0.4 is 5.73 Å². The van der Waals surface area contributed by atoms with E-state index in [-0.39, 0.29) is 12.1 Å². The summed E-state index contributed by atoms with van der Waals surface area (Å²) in [6, 6.07) is 1.92. The Morgan fingerprint density at radius 3 is 3.14 bits per heavy atom. The lowest BCUT2D eigenvalue weighted by Gasteiger charge is -2.24. The van der Waals surface area contributed by atoms with E-state index in [1.165, 1.54) is 0 Å². The minimum absolute atomic E-state index is 0.104. The van der Waals surface area contributed by atoms with Gasteiger partial charge in [-0.2, -0.15) is 5.10 Å². The normalized spacial score (nSPS) is 25.1. The molecule has 1 aliphatic heterocycles. The van der Waals surface area contributed by atoms with E-state index in [9.17, 15) is 0 Å². The molecule has 0 saturated heterocycles. The minimum atomic E-state index is -0.170. The Balaban J connectivity index is 2.29. The summed E-state index contributed by atoms with van der Waals surface area (Å²) in [5, 5.41) is 4.29. The molecular weight excluding hydrogens is 180 g/mol. The van der Waals surface area contributed by atoms with Crippen LogP contribution in [0.5, 0.6) is 0 Å². The van der Waals surface area contributed by atoms with E-state index in [4.69, 9.17) is 10.5 Å². The van der Waals surface area contributed by atoms with Crippen molar-refractivity contribution in [3.63, 3.8) is 0 Å². The van der Waals surface area contributed by atoms with Gasteiger partial charge in [0.05, 0.1) is 18.2 Å². The standard InChI is InChI=1S/C9H14N4O/c1-6-3-8-11-4-7(5-14-2)9(10)13(8)12-6/h3-4,7,9H,5,10H2,1-2H3. The molecule has 0 saturated carbocycles. The topological polar surface area (TPSA) is 65.4 Å². The van der Waals surface area contributed by atoms with Gasteiger partial charge in [-0.15, -0.1) is 0 Å². The van der Waals surface area contributed by atoms with Crippen LogP contribution in [0.25, 0.3) is 0 Å². The first-order valence-corrected chi connectivity index (χ1v) is 4.57. The molecule has 0 aromatic carbocycles. The highest BCUT2D eigenvalue weighted by molar-refractivity contribution is 5.67. The maximum atomic E-state index is 6.02. The number of aromatic nitrogens is 2. The lowest BCUT2D eigenvalue weighted by atomic mass is 10.1. The number of hydrogen-bond donors (Lipinski definition) is 1. The summed E-state index contributed by atoms with van der Waals surface area (Å²) < 4.78 is 6.81. The number of ether oxygens (including phenoxy) is 1. The molecule has 2 heterocycles. The van der Waals surface area contributed by atoms with Crippen molar-refractivity contribution < 1.29 is 4.74 Å². The fourth-order valence-electron chi connectivity index (χ4n) is 1.59. The molecule has 5 heteroatoms. The second-order valence-electron chi connectivity index (χ2n) is 3.48. The number of nitrogens with zero attached hydrogens (tertiary/aromatic N) is 3. The highest BCUT2D eigenvalue weighted by atomic mass is 16.5. The summed E-state index contributed by atoms with van der Waals surface area (Å²) in [5.41, 5.74) is 6.96. The molecule has 0 radical (unpaired) electrons. The lowest BCUT2D eigenvalue weighted by molar-refractivity contribution is 0.151. The second kappa shape index (κ2) is 3.51. The molecule has 0 fully saturated rings. The fraction of sp³-hybridized carbons (Fsp3) is 0.556. The van der Waals surface area contributed by atoms with Gasteiger partial charge >= 0.3 is 0 Å². The quantitative estimate of drug-likeness (QED) is 0.750. The van der Waals surface area contributed by atoms with Gasteiger partial charge in [-0.05, 0) is 6.92 Å². The molecule has 2 rings (SSSR count). The molecule has 14 heavy (non-hydrogen) atoms. The van der Waals surface area contributed by atoms with Crippen LogP contribution in [0.3, 0.4) is 0 Å². The van der Waals surface area contributed by atoms with Gasteiger partial charge in [0.1, 0.15) is 6.17 Å². The number of rotatable bonds is 2. The monoisotopic (exact) mass is 194 g/mol. The smallest absolute Gasteiger partial charge is 0.151 e. The van der Waals surface area contributed by atoms with Gasteiger partial charge in [0, 0.05) is 19.4 Å². The van der Waals surface area contributed by atoms with Gasteiger partial charge in [0.15, 0.2) is 5.82 Å². The summed E-state index contributed by atoms with van der Waals surface area (Å²) in [6.07, 6.45) is 1.67. The molecule has 76 valence electrons. The SMILES string of the molecule is COCC1C=Nc2cc(C)nn2C1N. The van der Waals surface area contributed by atoms with Gasteiger partial charge in [0.2, 0.25) is 0 Å². The van der Waals surface area contributed by atoms with E-state index in [1.807, 2.05) is 19.2 Å². The second-order valence-corrected chi connectivity index (χ2v) is 3.48. The Hall–Kier alpha value is -1.20. The molecule has 2 unspecified atom stereocenters. The van der Waals surface area contributed by atoms with Gasteiger partial charge in [-0.25, -0.2) is 9.67 Å². The molecule has 0 bridgehead atoms. The maximum absolute atomic E-state index is 6.02. The van der Waals surface area contributed by atoms with Crippen molar-refractivity contribution in [1.82, 2.24) is 9.78 Å². The maximum Gasteiger partial charge on any atom is 0.151 e. The van der Waals surface area contributed by atoms with Crippen molar-refractivity contribution in [2.24, 2.45) is 16.6 Å². The van der Waals surface area contributed by atoms with Crippen molar-refractivity contribution in [3.8, 4) is 0 Å². The number of fused-ring (bicyclic) bond motifs is 1. The van der Waals surface area contributed by atoms with E-state index in [2.05, 4.69) is 10.1 Å². The predicted octanol–water partition coefficient (Wildman–Crippen LogP) is 0.627. The van der Waals surface area contributed by atoms with E-state index in [0.29, 0.717) is 6.61 Å². The van der Waals surface area contributed by atoms with Gasteiger partial charge in [-0.3, -0.25) is 0 Å². The van der Waals surface area contributed by atoms with Gasteiger partial charge < -0.3 is 10.5 Å². The first-order chi connectivity index (χ1) is 6.72. The Bertz CT molecular complexity index is 358. The van der Waals surface area contributed by atoms with Crippen molar-refractivity contribution >= 4 is 12.0 Å². The Morgan fingerprint density at radius 1 is 1.64 bits per heavy atom. The van der Waals surface area contributed by atoms with Crippen LogP contribution in [0.4, 0.5) is 5.82 Å².